The predicted octanol–water partition coefficient (Wildman–Crippen LogP) is 3.30. The van der Waals surface area contributed by atoms with Crippen LogP contribution in [0.1, 0.15) is 44.9 Å². The Kier molecular flexibility index (Phi) is 6.83. The number of carbonyl (C=O) groups excluding carboxylic acids is 2. The van der Waals surface area contributed by atoms with Crippen LogP contribution in [-0.4, -0.2) is 45.8 Å². The molecular weight excluding hydrogens is 406 g/mol. The number of amides is 1. The summed E-state index contributed by atoms with van der Waals surface area (Å²) in [5.41, 5.74) is 1.14. The van der Waals surface area contributed by atoms with Crippen molar-refractivity contribution < 1.29 is 14.3 Å². The Morgan fingerprint density at radius 1 is 1.22 bits per heavy atom. The van der Waals surface area contributed by atoms with Crippen molar-refractivity contribution in [3.63, 3.8) is 0 Å². The van der Waals surface area contributed by atoms with Crippen molar-refractivity contribution in [1.29, 1.82) is 0 Å². The van der Waals surface area contributed by atoms with Crippen LogP contribution >= 0.6 is 0 Å². The van der Waals surface area contributed by atoms with E-state index in [1.165, 1.54) is 0 Å². The Hall–Kier alpha value is -3.22. The zero-order valence-electron chi connectivity index (χ0n) is 18.4. The third-order valence-corrected chi connectivity index (χ3v) is 6.16. The average molecular weight is 436 g/mol. The number of H-pyrrole nitrogens is 1. The number of allylic oxidation sites excluding steroid dienone is 2. The first-order valence-electron chi connectivity index (χ1n) is 11.3. The molecule has 168 valence electrons. The molecule has 2 aromatic rings. The van der Waals surface area contributed by atoms with Crippen molar-refractivity contribution in [3.05, 3.63) is 64.4 Å². The number of benzene rings is 1. The predicted molar refractivity (Wildman–Crippen MR) is 122 cm³/mol. The molecule has 1 saturated heterocycles. The molecule has 0 aliphatic carbocycles. The summed E-state index contributed by atoms with van der Waals surface area (Å²) in [6, 6.07) is 7.23. The van der Waals surface area contributed by atoms with E-state index in [2.05, 4.69) is 9.97 Å². The lowest BCUT2D eigenvalue weighted by atomic mass is 9.88. The number of aryl methyl sites for hydroxylation is 1. The summed E-state index contributed by atoms with van der Waals surface area (Å²) in [6.45, 7) is 3.16. The summed E-state index contributed by atoms with van der Waals surface area (Å²) < 4.78 is 5.56. The molecule has 0 bridgehead atoms. The molecule has 32 heavy (non-hydrogen) atoms. The summed E-state index contributed by atoms with van der Waals surface area (Å²) in [4.78, 5) is 46.7. The molecule has 2 aliphatic rings. The van der Waals surface area contributed by atoms with Crippen molar-refractivity contribution >= 4 is 22.6 Å². The Morgan fingerprint density at radius 3 is 2.81 bits per heavy atom. The summed E-state index contributed by atoms with van der Waals surface area (Å²) in [5.74, 6) is 0.726. The lowest BCUT2D eigenvalue weighted by Crippen LogP contribution is -2.40. The summed E-state index contributed by atoms with van der Waals surface area (Å²) in [6.07, 6.45) is 9.20. The highest BCUT2D eigenvalue weighted by Crippen LogP contribution is 2.24. The maximum atomic E-state index is 12.8. The molecule has 1 unspecified atom stereocenters. The first kappa shape index (κ1) is 22.0. The maximum absolute atomic E-state index is 12.8. The molecule has 1 fully saturated rings. The Bertz CT molecular complexity index is 1110. The highest BCUT2D eigenvalue weighted by atomic mass is 16.5. The molecule has 0 spiro atoms. The van der Waals surface area contributed by atoms with Gasteiger partial charge in [0.25, 0.3) is 5.56 Å². The number of hydrogen-bond acceptors (Lipinski definition) is 5. The van der Waals surface area contributed by atoms with E-state index in [4.69, 9.17) is 4.74 Å². The van der Waals surface area contributed by atoms with E-state index in [1.54, 1.807) is 12.3 Å². The van der Waals surface area contributed by atoms with Gasteiger partial charge in [-0.15, -0.1) is 0 Å². The van der Waals surface area contributed by atoms with Crippen LogP contribution < -0.4 is 5.56 Å². The van der Waals surface area contributed by atoms with Crippen LogP contribution in [0.5, 0.6) is 0 Å². The fourth-order valence-electron chi connectivity index (χ4n) is 4.26. The van der Waals surface area contributed by atoms with E-state index < -0.39 is 0 Å². The Labute approximate surface area is 187 Å². The van der Waals surface area contributed by atoms with Gasteiger partial charge in [-0.05, 0) is 38.3 Å². The molecule has 1 aromatic carbocycles. The van der Waals surface area contributed by atoms with E-state index in [0.29, 0.717) is 67.5 Å². The minimum Gasteiger partial charge on any atom is -0.497 e. The van der Waals surface area contributed by atoms with Crippen LogP contribution in [0.3, 0.4) is 0 Å². The van der Waals surface area contributed by atoms with Gasteiger partial charge in [0.15, 0.2) is 5.78 Å². The number of fused-ring (bicyclic) bond motifs is 1. The number of likely N-dealkylation sites (tertiary alicyclic amines) is 1. The zero-order valence-corrected chi connectivity index (χ0v) is 18.4. The highest BCUT2D eigenvalue weighted by Gasteiger charge is 2.28. The molecule has 2 aliphatic heterocycles. The molecule has 1 aromatic heterocycles. The topological polar surface area (TPSA) is 92.4 Å². The number of ether oxygens (including phenoxy) is 1. The largest absolute Gasteiger partial charge is 0.497 e. The summed E-state index contributed by atoms with van der Waals surface area (Å²) >= 11 is 0. The second kappa shape index (κ2) is 9.94. The van der Waals surface area contributed by atoms with Crippen molar-refractivity contribution in [2.45, 2.75) is 51.6 Å². The van der Waals surface area contributed by atoms with Crippen LogP contribution in [-0.2, 0) is 20.7 Å². The van der Waals surface area contributed by atoms with Crippen LogP contribution in [0, 0.1) is 5.92 Å². The molecule has 0 saturated carbocycles. The van der Waals surface area contributed by atoms with Gasteiger partial charge in [0.2, 0.25) is 5.91 Å². The second-order valence-electron chi connectivity index (χ2n) is 8.56. The van der Waals surface area contributed by atoms with E-state index in [0.717, 1.165) is 6.42 Å². The molecule has 7 nitrogen and oxygen atoms in total. The molecule has 1 N–H and O–H groups in total. The zero-order chi connectivity index (χ0) is 22.5. The number of para-hydroxylation sites is 1. The number of hydrogen-bond donors (Lipinski definition) is 1. The molecular formula is C25H29N3O4. The van der Waals surface area contributed by atoms with Crippen molar-refractivity contribution in [3.8, 4) is 0 Å². The second-order valence-corrected chi connectivity index (χ2v) is 8.56. The lowest BCUT2D eigenvalue weighted by Gasteiger charge is -2.31. The van der Waals surface area contributed by atoms with Crippen molar-refractivity contribution in [2.75, 3.05) is 13.1 Å². The monoisotopic (exact) mass is 435 g/mol. The van der Waals surface area contributed by atoms with Crippen LogP contribution in [0.2, 0.25) is 0 Å². The van der Waals surface area contributed by atoms with Gasteiger partial charge in [0.05, 0.1) is 28.8 Å². The third-order valence-electron chi connectivity index (χ3n) is 6.16. The number of aromatic amines is 1. The average Bonchev–Trinajstić information content (AvgIpc) is 3.03. The van der Waals surface area contributed by atoms with Crippen LogP contribution in [0.15, 0.2) is 53.0 Å². The SMILES string of the molecule is CC1CC=CC(C(=O)C2CCN(C(=O)CCCc3nc4ccccc4c(=O)[nH]3)CC2)=CO1. The molecule has 1 atom stereocenters. The number of carbonyl (C=O) groups is 2. The number of nitrogens with zero attached hydrogens (tertiary/aromatic N) is 2. The quantitative estimate of drug-likeness (QED) is 0.752. The first-order valence-corrected chi connectivity index (χ1v) is 11.3. The number of aromatic nitrogens is 2. The van der Waals surface area contributed by atoms with Crippen LogP contribution in [0.4, 0.5) is 0 Å². The fraction of sp³-hybridized carbons (Fsp3) is 0.440. The lowest BCUT2D eigenvalue weighted by molar-refractivity contribution is -0.134. The van der Waals surface area contributed by atoms with Gasteiger partial charge in [0, 0.05) is 38.3 Å². The summed E-state index contributed by atoms with van der Waals surface area (Å²) in [5, 5.41) is 0.570. The minimum atomic E-state index is -0.151. The van der Waals surface area contributed by atoms with E-state index >= 15 is 0 Å². The molecule has 7 heteroatoms. The van der Waals surface area contributed by atoms with Crippen LogP contribution in [0.25, 0.3) is 10.9 Å². The normalized spacial score (nSPS) is 19.3. The highest BCUT2D eigenvalue weighted by molar-refractivity contribution is 5.99. The van der Waals surface area contributed by atoms with E-state index in [-0.39, 0.29) is 29.3 Å². The van der Waals surface area contributed by atoms with Gasteiger partial charge in [0.1, 0.15) is 5.82 Å². The molecule has 0 radical (unpaired) electrons. The smallest absolute Gasteiger partial charge is 0.258 e. The van der Waals surface area contributed by atoms with Gasteiger partial charge in [-0.2, -0.15) is 0 Å². The van der Waals surface area contributed by atoms with Gasteiger partial charge in [-0.1, -0.05) is 24.3 Å². The number of nitrogens with one attached hydrogen (secondary N) is 1. The van der Waals surface area contributed by atoms with Gasteiger partial charge < -0.3 is 14.6 Å². The Morgan fingerprint density at radius 2 is 2.00 bits per heavy atom. The molecule has 4 rings (SSSR count). The summed E-state index contributed by atoms with van der Waals surface area (Å²) in [7, 11) is 0. The number of Topliss-reactive ketones (excluding diaryl/α,β-unsaturated/α-hetero) is 1. The van der Waals surface area contributed by atoms with Gasteiger partial charge >= 0.3 is 0 Å². The first-order chi connectivity index (χ1) is 15.5. The molecule has 3 heterocycles. The number of rotatable bonds is 6. The van der Waals surface area contributed by atoms with Crippen molar-refractivity contribution in [1.82, 2.24) is 14.9 Å². The van der Waals surface area contributed by atoms with E-state index in [9.17, 15) is 14.4 Å². The third kappa shape index (κ3) is 5.15. The number of ketones is 1. The number of piperidine rings is 1. The Balaban J connectivity index is 1.25. The van der Waals surface area contributed by atoms with Crippen molar-refractivity contribution in [2.24, 2.45) is 5.92 Å². The minimum absolute atomic E-state index is 0.0705. The standard InChI is InChI=1S/C25H29N3O4/c1-17-6-4-7-19(16-32-17)24(30)18-12-14-28(15-13-18)23(29)11-5-10-22-26-21-9-3-2-8-20(21)25(31)27-22/h2-4,7-9,16-18H,5-6,10-15H2,1H3,(H,26,27,31). The fourth-order valence-corrected chi connectivity index (χ4v) is 4.26. The molecule has 1 amide bonds. The van der Waals surface area contributed by atoms with E-state index in [1.807, 2.05) is 42.2 Å². The van der Waals surface area contributed by atoms with Gasteiger partial charge in [-0.3, -0.25) is 14.4 Å². The maximum Gasteiger partial charge on any atom is 0.258 e. The van der Waals surface area contributed by atoms with Gasteiger partial charge in [-0.25, -0.2) is 4.98 Å².